The highest BCUT2D eigenvalue weighted by Crippen LogP contribution is 2.24. The van der Waals surface area contributed by atoms with E-state index in [2.05, 4.69) is 22.5 Å². The van der Waals surface area contributed by atoms with Crippen molar-refractivity contribution >= 4 is 29.5 Å². The number of carbonyl (C=O) groups is 3. The Balaban J connectivity index is 2.03. The SMILES string of the molecule is C=C1NC(=O)NC(C(=O)N[C@H](C)COc2ccc(Cl)cc2C(=O)OC)=C1N. The predicted molar refractivity (Wildman–Crippen MR) is 97.9 cm³/mol. The molecule has 27 heavy (non-hydrogen) atoms. The minimum atomic E-state index is -0.605. The number of halogens is 1. The first-order valence-electron chi connectivity index (χ1n) is 7.81. The Morgan fingerprint density at radius 2 is 2.07 bits per heavy atom. The lowest BCUT2D eigenvalue weighted by atomic mass is 10.2. The van der Waals surface area contributed by atoms with E-state index in [1.807, 2.05) is 0 Å². The van der Waals surface area contributed by atoms with E-state index in [1.165, 1.54) is 19.2 Å². The molecule has 5 N–H and O–H groups in total. The number of nitrogens with one attached hydrogen (secondary N) is 3. The third-order valence-corrected chi connectivity index (χ3v) is 3.77. The molecular formula is C17H19ClN4O5. The van der Waals surface area contributed by atoms with Crippen molar-refractivity contribution in [1.29, 1.82) is 0 Å². The van der Waals surface area contributed by atoms with Crippen molar-refractivity contribution < 1.29 is 23.9 Å². The van der Waals surface area contributed by atoms with Crippen molar-refractivity contribution in [2.75, 3.05) is 13.7 Å². The maximum absolute atomic E-state index is 12.3. The molecule has 0 radical (unpaired) electrons. The molecule has 1 aliphatic heterocycles. The normalized spacial score (nSPS) is 14.8. The Hall–Kier alpha value is -3.20. The number of urea groups is 1. The van der Waals surface area contributed by atoms with Gasteiger partial charge in [0.25, 0.3) is 5.91 Å². The van der Waals surface area contributed by atoms with Crippen molar-refractivity contribution in [2.24, 2.45) is 5.73 Å². The molecule has 0 unspecified atom stereocenters. The van der Waals surface area contributed by atoms with E-state index in [1.54, 1.807) is 13.0 Å². The molecule has 0 aliphatic carbocycles. The first-order valence-corrected chi connectivity index (χ1v) is 8.19. The zero-order chi connectivity index (χ0) is 20.1. The van der Waals surface area contributed by atoms with Crippen LogP contribution >= 0.6 is 11.6 Å². The van der Waals surface area contributed by atoms with E-state index in [0.717, 1.165) is 0 Å². The van der Waals surface area contributed by atoms with Gasteiger partial charge in [-0.05, 0) is 25.1 Å². The second kappa shape index (κ2) is 8.45. The van der Waals surface area contributed by atoms with E-state index in [0.29, 0.717) is 5.02 Å². The summed E-state index contributed by atoms with van der Waals surface area (Å²) in [4.78, 5) is 35.6. The van der Waals surface area contributed by atoms with Crippen LogP contribution in [0.2, 0.25) is 5.02 Å². The van der Waals surface area contributed by atoms with Crippen molar-refractivity contribution in [3.05, 3.63) is 52.5 Å². The van der Waals surface area contributed by atoms with Gasteiger partial charge in [0.1, 0.15) is 23.6 Å². The molecule has 0 saturated heterocycles. The van der Waals surface area contributed by atoms with Gasteiger partial charge in [-0.25, -0.2) is 9.59 Å². The maximum Gasteiger partial charge on any atom is 0.341 e. The number of ether oxygens (including phenoxy) is 2. The molecule has 1 heterocycles. The fourth-order valence-corrected chi connectivity index (χ4v) is 2.37. The lowest BCUT2D eigenvalue weighted by Crippen LogP contribution is -2.49. The molecule has 2 rings (SSSR count). The molecule has 1 atom stereocenters. The second-order valence-electron chi connectivity index (χ2n) is 5.66. The molecule has 0 bridgehead atoms. The number of hydrogen-bond acceptors (Lipinski definition) is 6. The Morgan fingerprint density at radius 3 is 2.74 bits per heavy atom. The third kappa shape index (κ3) is 4.91. The van der Waals surface area contributed by atoms with Crippen LogP contribution in [0.3, 0.4) is 0 Å². The van der Waals surface area contributed by atoms with Crippen LogP contribution < -0.4 is 26.4 Å². The summed E-state index contributed by atoms with van der Waals surface area (Å²) in [5.41, 5.74) is 5.99. The Morgan fingerprint density at radius 1 is 1.37 bits per heavy atom. The van der Waals surface area contributed by atoms with Gasteiger partial charge in [0, 0.05) is 5.02 Å². The second-order valence-corrected chi connectivity index (χ2v) is 6.10. The highest BCUT2D eigenvalue weighted by molar-refractivity contribution is 6.31. The predicted octanol–water partition coefficient (Wildman–Crippen LogP) is 1.01. The third-order valence-electron chi connectivity index (χ3n) is 3.54. The monoisotopic (exact) mass is 394 g/mol. The van der Waals surface area contributed by atoms with Crippen LogP contribution in [0.4, 0.5) is 4.79 Å². The zero-order valence-electron chi connectivity index (χ0n) is 14.7. The van der Waals surface area contributed by atoms with Gasteiger partial charge >= 0.3 is 12.0 Å². The molecule has 1 aromatic carbocycles. The Bertz CT molecular complexity index is 837. The highest BCUT2D eigenvalue weighted by atomic mass is 35.5. The summed E-state index contributed by atoms with van der Waals surface area (Å²) in [6, 6.07) is 3.44. The molecule has 0 spiro atoms. The highest BCUT2D eigenvalue weighted by Gasteiger charge is 2.25. The largest absolute Gasteiger partial charge is 0.491 e. The van der Waals surface area contributed by atoms with Gasteiger partial charge in [0.2, 0.25) is 0 Å². The van der Waals surface area contributed by atoms with Gasteiger partial charge in [-0.2, -0.15) is 0 Å². The van der Waals surface area contributed by atoms with Gasteiger partial charge in [0.05, 0.1) is 24.5 Å². The lowest BCUT2D eigenvalue weighted by molar-refractivity contribution is -0.118. The number of amides is 3. The topological polar surface area (TPSA) is 132 Å². The minimum absolute atomic E-state index is 0.0332. The van der Waals surface area contributed by atoms with Gasteiger partial charge in [-0.1, -0.05) is 18.2 Å². The van der Waals surface area contributed by atoms with Crippen molar-refractivity contribution in [1.82, 2.24) is 16.0 Å². The fourth-order valence-electron chi connectivity index (χ4n) is 2.20. The number of methoxy groups -OCH3 is 1. The van der Waals surface area contributed by atoms with Crippen molar-refractivity contribution in [2.45, 2.75) is 13.0 Å². The Kier molecular flexibility index (Phi) is 6.30. The smallest absolute Gasteiger partial charge is 0.341 e. The summed E-state index contributed by atoms with van der Waals surface area (Å²) < 4.78 is 10.3. The van der Waals surface area contributed by atoms with E-state index in [-0.39, 0.29) is 35.0 Å². The summed E-state index contributed by atoms with van der Waals surface area (Å²) in [6.07, 6.45) is 0. The van der Waals surface area contributed by atoms with Crippen molar-refractivity contribution in [3.63, 3.8) is 0 Å². The zero-order valence-corrected chi connectivity index (χ0v) is 15.5. The standard InChI is InChI=1S/C17H19ClN4O5/c1-8(20-15(23)14-13(19)9(2)21-17(25)22-14)7-27-12-5-4-10(18)6-11(12)16(24)26-3/h4-6,8H,2,7,19H2,1,3H3,(H,20,23)(H2,21,22,25)/t8-/m1/s1. The van der Waals surface area contributed by atoms with Crippen molar-refractivity contribution in [3.8, 4) is 5.75 Å². The molecular weight excluding hydrogens is 376 g/mol. The number of benzene rings is 1. The van der Waals surface area contributed by atoms with E-state index in [9.17, 15) is 14.4 Å². The van der Waals surface area contributed by atoms with Gasteiger partial charge < -0.3 is 31.2 Å². The molecule has 0 saturated carbocycles. The molecule has 144 valence electrons. The average molecular weight is 395 g/mol. The lowest BCUT2D eigenvalue weighted by Gasteiger charge is -2.22. The Labute approximate surface area is 160 Å². The van der Waals surface area contributed by atoms with Crippen LogP contribution in [0.25, 0.3) is 0 Å². The van der Waals surface area contributed by atoms with Gasteiger partial charge in [-0.15, -0.1) is 0 Å². The minimum Gasteiger partial charge on any atom is -0.491 e. The summed E-state index contributed by atoms with van der Waals surface area (Å²) in [5, 5.41) is 7.68. The summed E-state index contributed by atoms with van der Waals surface area (Å²) in [7, 11) is 1.25. The number of rotatable bonds is 6. The molecule has 1 aromatic rings. The van der Waals surface area contributed by atoms with Crippen LogP contribution in [-0.2, 0) is 9.53 Å². The quantitative estimate of drug-likeness (QED) is 0.532. The fraction of sp³-hybridized carbons (Fsp3) is 0.235. The molecule has 3 amide bonds. The first-order chi connectivity index (χ1) is 12.7. The summed E-state index contributed by atoms with van der Waals surface area (Å²) in [6.45, 7) is 5.28. The average Bonchev–Trinajstić information content (AvgIpc) is 2.62. The van der Waals surface area contributed by atoms with Gasteiger partial charge in [0.15, 0.2) is 0 Å². The number of nitrogens with two attached hydrogens (primary N) is 1. The summed E-state index contributed by atoms with van der Waals surface area (Å²) in [5.74, 6) is -0.934. The maximum atomic E-state index is 12.3. The van der Waals surface area contributed by atoms with Crippen LogP contribution in [0.15, 0.2) is 41.9 Å². The van der Waals surface area contributed by atoms with E-state index < -0.39 is 23.9 Å². The van der Waals surface area contributed by atoms with E-state index >= 15 is 0 Å². The molecule has 0 fully saturated rings. The van der Waals surface area contributed by atoms with Crippen LogP contribution in [0.1, 0.15) is 17.3 Å². The van der Waals surface area contributed by atoms with Crippen LogP contribution in [-0.4, -0.2) is 37.7 Å². The molecule has 9 nitrogen and oxygen atoms in total. The number of carbonyl (C=O) groups excluding carboxylic acids is 3. The van der Waals surface area contributed by atoms with Gasteiger partial charge in [-0.3, -0.25) is 4.79 Å². The van der Waals surface area contributed by atoms with E-state index in [4.69, 9.17) is 26.8 Å². The number of hydrogen-bond donors (Lipinski definition) is 4. The number of esters is 1. The molecule has 0 aromatic heterocycles. The van der Waals surface area contributed by atoms with Crippen LogP contribution in [0.5, 0.6) is 5.75 Å². The molecule has 1 aliphatic rings. The van der Waals surface area contributed by atoms with Crippen LogP contribution in [0, 0.1) is 0 Å². The summed E-state index contributed by atoms with van der Waals surface area (Å²) >= 11 is 5.89. The first kappa shape index (κ1) is 20.1. The molecule has 10 heteroatoms.